The molecule has 7 nitrogen and oxygen atoms in total. The van der Waals surface area contributed by atoms with Crippen LogP contribution in [0.2, 0.25) is 0 Å². The Morgan fingerprint density at radius 2 is 1.73 bits per heavy atom. The number of nitrogens with one attached hydrogen (secondary N) is 1. The number of likely N-dealkylation sites (tertiary alicyclic amines) is 1. The maximum atomic E-state index is 12.8. The number of benzene rings is 1. The molecule has 0 unspecified atom stereocenters. The number of nitrogens with zero attached hydrogens (tertiary/aromatic N) is 4. The molecule has 156 valence electrons. The molecule has 0 atom stereocenters. The van der Waals surface area contributed by atoms with E-state index in [4.69, 9.17) is 14.8 Å². The molecule has 2 saturated heterocycles. The molecule has 5 rings (SSSR count). The lowest BCUT2D eigenvalue weighted by Gasteiger charge is -2.34. The lowest BCUT2D eigenvalue weighted by Crippen LogP contribution is -2.42. The molecule has 1 amide bonds. The number of amides is 1. The summed E-state index contributed by atoms with van der Waals surface area (Å²) in [5, 5.41) is 8.14. The van der Waals surface area contributed by atoms with Gasteiger partial charge in [0.15, 0.2) is 11.5 Å². The number of pyridine rings is 1. The highest BCUT2D eigenvalue weighted by Gasteiger charge is 2.31. The van der Waals surface area contributed by atoms with Gasteiger partial charge < -0.3 is 15.0 Å². The van der Waals surface area contributed by atoms with Crippen molar-refractivity contribution in [2.45, 2.75) is 31.6 Å². The zero-order chi connectivity index (χ0) is 20.3. The van der Waals surface area contributed by atoms with Crippen molar-refractivity contribution in [3.05, 3.63) is 54.5 Å². The van der Waals surface area contributed by atoms with Crippen LogP contribution in [0, 0.1) is 5.92 Å². The van der Waals surface area contributed by atoms with Gasteiger partial charge >= 0.3 is 0 Å². The zero-order valence-electron chi connectivity index (χ0n) is 17.0. The highest BCUT2D eigenvalue weighted by molar-refractivity contribution is 5.79. The van der Waals surface area contributed by atoms with Gasteiger partial charge in [-0.05, 0) is 49.9 Å². The second-order valence-electron chi connectivity index (χ2n) is 8.17. The third-order valence-corrected chi connectivity index (χ3v) is 6.15. The normalized spacial score (nSPS) is 18.6. The van der Waals surface area contributed by atoms with Gasteiger partial charge in [-0.1, -0.05) is 18.2 Å². The van der Waals surface area contributed by atoms with Gasteiger partial charge in [-0.25, -0.2) is 9.50 Å². The second-order valence-corrected chi connectivity index (χ2v) is 8.17. The summed E-state index contributed by atoms with van der Waals surface area (Å²) in [4.78, 5) is 19.5. The van der Waals surface area contributed by atoms with Gasteiger partial charge in [0.2, 0.25) is 5.91 Å². The summed E-state index contributed by atoms with van der Waals surface area (Å²) in [6.45, 7) is 2.99. The lowest BCUT2D eigenvalue weighted by atomic mass is 9.93. The minimum absolute atomic E-state index is 0.138. The summed E-state index contributed by atoms with van der Waals surface area (Å²) in [7, 11) is 0. The molecule has 0 radical (unpaired) electrons. The van der Waals surface area contributed by atoms with E-state index in [0.29, 0.717) is 25.0 Å². The van der Waals surface area contributed by atoms with Gasteiger partial charge in [0, 0.05) is 43.8 Å². The molecule has 1 aromatic carbocycles. The smallest absolute Gasteiger partial charge is 0.225 e. The molecule has 0 saturated carbocycles. The average molecular weight is 406 g/mol. The van der Waals surface area contributed by atoms with Gasteiger partial charge in [-0.15, -0.1) is 0 Å². The Bertz CT molecular complexity index is 1000. The summed E-state index contributed by atoms with van der Waals surface area (Å²) in [6, 6.07) is 14.1. The van der Waals surface area contributed by atoms with Crippen molar-refractivity contribution in [1.29, 1.82) is 0 Å². The molecule has 1 N–H and O–H groups in total. The van der Waals surface area contributed by atoms with Crippen molar-refractivity contribution in [3.63, 3.8) is 0 Å². The van der Waals surface area contributed by atoms with Gasteiger partial charge in [0.05, 0.1) is 11.9 Å². The monoisotopic (exact) mass is 405 g/mol. The van der Waals surface area contributed by atoms with E-state index in [1.165, 1.54) is 0 Å². The number of carbonyl (C=O) groups excluding carboxylic acids is 1. The van der Waals surface area contributed by atoms with Crippen LogP contribution in [-0.4, -0.2) is 51.7 Å². The highest BCUT2D eigenvalue weighted by atomic mass is 16.5. The molecule has 2 aliphatic heterocycles. The molecule has 30 heavy (non-hydrogen) atoms. The first kappa shape index (κ1) is 19.1. The molecular formula is C23H27N5O2. The first-order valence-electron chi connectivity index (χ1n) is 10.8. The van der Waals surface area contributed by atoms with Crippen LogP contribution in [0.15, 0.2) is 48.7 Å². The van der Waals surface area contributed by atoms with Crippen molar-refractivity contribution in [3.8, 4) is 0 Å². The van der Waals surface area contributed by atoms with Crippen molar-refractivity contribution < 1.29 is 9.53 Å². The third-order valence-electron chi connectivity index (χ3n) is 6.15. The van der Waals surface area contributed by atoms with Gasteiger partial charge in [-0.3, -0.25) is 4.79 Å². The first-order chi connectivity index (χ1) is 14.8. The number of fused-ring (bicyclic) bond motifs is 1. The predicted molar refractivity (Wildman–Crippen MR) is 115 cm³/mol. The summed E-state index contributed by atoms with van der Waals surface area (Å²) in [5.74, 6) is 1.62. The second kappa shape index (κ2) is 8.44. The number of carbonyl (C=O) groups is 1. The summed E-state index contributed by atoms with van der Waals surface area (Å²) in [5.41, 5.74) is 2.87. The number of piperidine rings is 1. The maximum Gasteiger partial charge on any atom is 0.225 e. The van der Waals surface area contributed by atoms with E-state index in [0.717, 1.165) is 61.6 Å². The van der Waals surface area contributed by atoms with E-state index in [2.05, 4.69) is 5.32 Å². The molecule has 3 aromatic rings. The van der Waals surface area contributed by atoms with Crippen LogP contribution < -0.4 is 5.32 Å². The molecule has 0 spiro atoms. The number of rotatable bonds is 4. The topological polar surface area (TPSA) is 71.8 Å². The molecule has 0 aliphatic carbocycles. The van der Waals surface area contributed by atoms with Gasteiger partial charge in [-0.2, -0.15) is 5.10 Å². The van der Waals surface area contributed by atoms with Crippen LogP contribution in [0.4, 0.5) is 11.4 Å². The number of aromatic nitrogens is 3. The van der Waals surface area contributed by atoms with Crippen LogP contribution in [-0.2, 0) is 9.53 Å². The quantitative estimate of drug-likeness (QED) is 0.718. The van der Waals surface area contributed by atoms with Gasteiger partial charge in [0.25, 0.3) is 0 Å². The molecule has 0 bridgehead atoms. The fraction of sp³-hybridized carbons (Fsp3) is 0.435. The third kappa shape index (κ3) is 4.03. The molecule has 4 heterocycles. The van der Waals surface area contributed by atoms with Crippen molar-refractivity contribution >= 4 is 22.9 Å². The van der Waals surface area contributed by atoms with Crippen molar-refractivity contribution in [1.82, 2.24) is 19.5 Å². The number of anilines is 2. The number of para-hydroxylation sites is 1. The standard InChI is InChI=1S/C23H27N5O2/c29-23(18-10-14-30-15-11-18)27-12-8-17(9-13-27)22-25-21-7-6-20(16-28(21)26-22)24-19-4-2-1-3-5-19/h1-7,16-18,24H,8-15H2. The Morgan fingerprint density at radius 1 is 0.967 bits per heavy atom. The van der Waals surface area contributed by atoms with E-state index >= 15 is 0 Å². The molecule has 2 aromatic heterocycles. The lowest BCUT2D eigenvalue weighted by molar-refractivity contribution is -0.139. The van der Waals surface area contributed by atoms with Crippen LogP contribution >= 0.6 is 0 Å². The molecule has 7 heteroatoms. The van der Waals surface area contributed by atoms with Crippen LogP contribution in [0.1, 0.15) is 37.4 Å². The van der Waals surface area contributed by atoms with E-state index in [-0.39, 0.29) is 5.92 Å². The Labute approximate surface area is 176 Å². The Hall–Kier alpha value is -2.93. The minimum atomic E-state index is 0.138. The van der Waals surface area contributed by atoms with Crippen molar-refractivity contribution in [2.75, 3.05) is 31.6 Å². The Balaban J connectivity index is 1.24. The molecule has 2 fully saturated rings. The fourth-order valence-electron chi connectivity index (χ4n) is 4.40. The van der Waals surface area contributed by atoms with Gasteiger partial charge in [0.1, 0.15) is 0 Å². The van der Waals surface area contributed by atoms with E-state index in [9.17, 15) is 4.79 Å². The molecule has 2 aliphatic rings. The average Bonchev–Trinajstić information content (AvgIpc) is 3.23. The summed E-state index contributed by atoms with van der Waals surface area (Å²) in [6.07, 6.45) is 5.52. The number of ether oxygens (including phenoxy) is 1. The van der Waals surface area contributed by atoms with E-state index in [1.807, 2.05) is 58.1 Å². The van der Waals surface area contributed by atoms with Crippen LogP contribution in [0.5, 0.6) is 0 Å². The van der Waals surface area contributed by atoms with Crippen molar-refractivity contribution in [2.24, 2.45) is 5.92 Å². The predicted octanol–water partition coefficient (Wildman–Crippen LogP) is 3.61. The van der Waals surface area contributed by atoms with E-state index < -0.39 is 0 Å². The highest BCUT2D eigenvalue weighted by Crippen LogP contribution is 2.28. The summed E-state index contributed by atoms with van der Waals surface area (Å²) < 4.78 is 7.24. The largest absolute Gasteiger partial charge is 0.381 e. The SMILES string of the molecule is O=C(C1CCOCC1)N1CCC(c2nc3ccc(Nc4ccccc4)cn3n2)CC1. The minimum Gasteiger partial charge on any atom is -0.381 e. The number of hydrogen-bond donors (Lipinski definition) is 1. The first-order valence-corrected chi connectivity index (χ1v) is 10.8. The molecular weight excluding hydrogens is 378 g/mol. The van der Waals surface area contributed by atoms with Crippen LogP contribution in [0.3, 0.4) is 0 Å². The van der Waals surface area contributed by atoms with Crippen LogP contribution in [0.25, 0.3) is 5.65 Å². The Morgan fingerprint density at radius 3 is 2.50 bits per heavy atom. The Kier molecular flexibility index (Phi) is 5.36. The number of hydrogen-bond acceptors (Lipinski definition) is 5. The van der Waals surface area contributed by atoms with E-state index in [1.54, 1.807) is 0 Å². The summed E-state index contributed by atoms with van der Waals surface area (Å²) >= 11 is 0. The fourth-order valence-corrected chi connectivity index (χ4v) is 4.40. The zero-order valence-corrected chi connectivity index (χ0v) is 17.0. The maximum absolute atomic E-state index is 12.8.